The molecule has 0 radical (unpaired) electrons. The van der Waals surface area contributed by atoms with Crippen LogP contribution >= 0.6 is 0 Å². The van der Waals surface area contributed by atoms with Gasteiger partial charge in [-0.1, -0.05) is 12.1 Å². The first-order valence-electron chi connectivity index (χ1n) is 9.32. The van der Waals surface area contributed by atoms with Crippen LogP contribution in [-0.2, 0) is 9.53 Å². The lowest BCUT2D eigenvalue weighted by Gasteiger charge is -2.24. The van der Waals surface area contributed by atoms with Crippen LogP contribution in [0.25, 0.3) is 0 Å². The van der Waals surface area contributed by atoms with Crippen LogP contribution in [-0.4, -0.2) is 55.8 Å². The van der Waals surface area contributed by atoms with Gasteiger partial charge in [0.05, 0.1) is 12.3 Å². The Balaban J connectivity index is 1.90. The Morgan fingerprint density at radius 2 is 2.04 bits per heavy atom. The van der Waals surface area contributed by atoms with Crippen LogP contribution in [0.2, 0.25) is 0 Å². The Hall–Kier alpha value is -2.28. The molecule has 1 atom stereocenters. The van der Waals surface area contributed by atoms with Crippen molar-refractivity contribution in [3.05, 3.63) is 24.3 Å². The standard InChI is InChI=1S/C19H29N3O4/c1-3-25-14-8-12-20-18(23)16-10-7-13-22(16)19(24)21-15-9-5-6-11-17(15)26-4-2/h5-6,9,11,16H,3-4,7-8,10,12-14H2,1-2H3,(H,20,23)(H,21,24). The zero-order valence-electron chi connectivity index (χ0n) is 15.6. The van der Waals surface area contributed by atoms with E-state index in [9.17, 15) is 9.59 Å². The molecule has 0 saturated carbocycles. The number of carbonyl (C=O) groups is 2. The summed E-state index contributed by atoms with van der Waals surface area (Å²) in [6, 6.07) is 6.60. The van der Waals surface area contributed by atoms with Gasteiger partial charge in [-0.2, -0.15) is 0 Å². The van der Waals surface area contributed by atoms with Gasteiger partial charge in [0, 0.05) is 26.3 Å². The fourth-order valence-electron chi connectivity index (χ4n) is 2.97. The lowest BCUT2D eigenvalue weighted by Crippen LogP contribution is -2.47. The number of ether oxygens (including phenoxy) is 2. The number of carbonyl (C=O) groups excluding carboxylic acids is 2. The van der Waals surface area contributed by atoms with Gasteiger partial charge in [-0.3, -0.25) is 4.79 Å². The second-order valence-corrected chi connectivity index (χ2v) is 6.05. The average molecular weight is 363 g/mol. The van der Waals surface area contributed by atoms with E-state index < -0.39 is 6.04 Å². The molecule has 1 aliphatic heterocycles. The largest absolute Gasteiger partial charge is 0.492 e. The van der Waals surface area contributed by atoms with Gasteiger partial charge < -0.3 is 25.0 Å². The highest BCUT2D eigenvalue weighted by Crippen LogP contribution is 2.25. The highest BCUT2D eigenvalue weighted by Gasteiger charge is 2.34. The van der Waals surface area contributed by atoms with Gasteiger partial charge in [0.15, 0.2) is 0 Å². The van der Waals surface area contributed by atoms with Crippen molar-refractivity contribution in [2.45, 2.75) is 39.2 Å². The van der Waals surface area contributed by atoms with Gasteiger partial charge >= 0.3 is 6.03 Å². The van der Waals surface area contributed by atoms with Crippen LogP contribution in [0.4, 0.5) is 10.5 Å². The molecule has 2 N–H and O–H groups in total. The fourth-order valence-corrected chi connectivity index (χ4v) is 2.97. The predicted molar refractivity (Wildman–Crippen MR) is 100 cm³/mol. The number of nitrogens with one attached hydrogen (secondary N) is 2. The first-order chi connectivity index (χ1) is 12.7. The minimum absolute atomic E-state index is 0.104. The highest BCUT2D eigenvalue weighted by atomic mass is 16.5. The lowest BCUT2D eigenvalue weighted by atomic mass is 10.2. The maximum atomic E-state index is 12.7. The molecule has 1 fully saturated rings. The van der Waals surface area contributed by atoms with Crippen LogP contribution in [0.15, 0.2) is 24.3 Å². The van der Waals surface area contributed by atoms with Gasteiger partial charge in [0.2, 0.25) is 5.91 Å². The van der Waals surface area contributed by atoms with E-state index in [4.69, 9.17) is 9.47 Å². The molecular weight excluding hydrogens is 334 g/mol. The van der Waals surface area contributed by atoms with Crippen molar-refractivity contribution >= 4 is 17.6 Å². The van der Waals surface area contributed by atoms with E-state index in [1.807, 2.05) is 32.0 Å². The van der Waals surface area contributed by atoms with Crippen LogP contribution in [0.5, 0.6) is 5.75 Å². The Morgan fingerprint density at radius 3 is 2.81 bits per heavy atom. The van der Waals surface area contributed by atoms with Gasteiger partial charge in [-0.05, 0) is 45.2 Å². The van der Waals surface area contributed by atoms with Crippen LogP contribution in [0.3, 0.4) is 0 Å². The number of urea groups is 1. The summed E-state index contributed by atoms with van der Waals surface area (Å²) in [4.78, 5) is 26.7. The number of amides is 3. The molecule has 26 heavy (non-hydrogen) atoms. The molecule has 7 heteroatoms. The SMILES string of the molecule is CCOCCCNC(=O)C1CCCN1C(=O)Nc1ccccc1OCC. The summed E-state index contributed by atoms with van der Waals surface area (Å²) in [7, 11) is 0. The Bertz CT molecular complexity index is 594. The number of para-hydroxylation sites is 2. The Labute approximate surface area is 155 Å². The molecule has 1 aliphatic rings. The van der Waals surface area contributed by atoms with Crippen molar-refractivity contribution in [3.63, 3.8) is 0 Å². The summed E-state index contributed by atoms with van der Waals surface area (Å²) >= 11 is 0. The molecule has 144 valence electrons. The number of hydrogen-bond acceptors (Lipinski definition) is 4. The van der Waals surface area contributed by atoms with Gasteiger partial charge in [-0.15, -0.1) is 0 Å². The number of benzene rings is 1. The number of rotatable bonds is 9. The fraction of sp³-hybridized carbons (Fsp3) is 0.579. The second kappa shape index (κ2) is 10.7. The summed E-state index contributed by atoms with van der Waals surface area (Å²) in [6.45, 7) is 6.77. The zero-order chi connectivity index (χ0) is 18.8. The summed E-state index contributed by atoms with van der Waals surface area (Å²) in [5.74, 6) is 0.520. The second-order valence-electron chi connectivity index (χ2n) is 6.05. The topological polar surface area (TPSA) is 79.9 Å². The molecule has 0 spiro atoms. The van der Waals surface area contributed by atoms with Crippen molar-refractivity contribution in [1.29, 1.82) is 0 Å². The van der Waals surface area contributed by atoms with Crippen LogP contribution in [0.1, 0.15) is 33.1 Å². The molecule has 1 aromatic rings. The zero-order valence-corrected chi connectivity index (χ0v) is 15.6. The molecule has 1 aromatic carbocycles. The molecule has 0 bridgehead atoms. The van der Waals surface area contributed by atoms with Gasteiger partial charge in [0.25, 0.3) is 0 Å². The van der Waals surface area contributed by atoms with Crippen molar-refractivity contribution in [1.82, 2.24) is 10.2 Å². The van der Waals surface area contributed by atoms with E-state index >= 15 is 0 Å². The number of nitrogens with zero attached hydrogens (tertiary/aromatic N) is 1. The van der Waals surface area contributed by atoms with Crippen molar-refractivity contribution < 1.29 is 19.1 Å². The first-order valence-corrected chi connectivity index (χ1v) is 9.32. The monoisotopic (exact) mass is 363 g/mol. The lowest BCUT2D eigenvalue weighted by molar-refractivity contribution is -0.124. The van der Waals surface area contributed by atoms with Crippen molar-refractivity contribution in [2.24, 2.45) is 0 Å². The number of hydrogen-bond donors (Lipinski definition) is 2. The minimum atomic E-state index is -0.429. The average Bonchev–Trinajstić information content (AvgIpc) is 3.13. The van der Waals surface area contributed by atoms with E-state index in [1.165, 1.54) is 0 Å². The molecule has 0 aromatic heterocycles. The first kappa shape index (κ1) is 20.0. The number of anilines is 1. The maximum absolute atomic E-state index is 12.7. The third-order valence-corrected chi connectivity index (χ3v) is 4.21. The molecule has 2 rings (SSSR count). The van der Waals surface area contributed by atoms with E-state index in [0.717, 1.165) is 12.8 Å². The van der Waals surface area contributed by atoms with E-state index in [0.29, 0.717) is 50.8 Å². The van der Waals surface area contributed by atoms with Crippen molar-refractivity contribution in [2.75, 3.05) is 38.2 Å². The maximum Gasteiger partial charge on any atom is 0.322 e. The Morgan fingerprint density at radius 1 is 1.23 bits per heavy atom. The summed E-state index contributed by atoms with van der Waals surface area (Å²) in [5, 5.41) is 5.77. The van der Waals surface area contributed by atoms with E-state index in [1.54, 1.807) is 11.0 Å². The molecule has 0 aliphatic carbocycles. The molecule has 3 amide bonds. The summed E-state index contributed by atoms with van der Waals surface area (Å²) in [6.07, 6.45) is 2.26. The Kier molecular flexibility index (Phi) is 8.21. The highest BCUT2D eigenvalue weighted by molar-refractivity contribution is 5.95. The molecular formula is C19H29N3O4. The van der Waals surface area contributed by atoms with E-state index in [-0.39, 0.29) is 11.9 Å². The van der Waals surface area contributed by atoms with Crippen LogP contribution in [0, 0.1) is 0 Å². The third kappa shape index (κ3) is 5.62. The summed E-state index contributed by atoms with van der Waals surface area (Å²) in [5.41, 5.74) is 0.613. The van der Waals surface area contributed by atoms with Gasteiger partial charge in [-0.25, -0.2) is 4.79 Å². The minimum Gasteiger partial charge on any atom is -0.492 e. The predicted octanol–water partition coefficient (Wildman–Crippen LogP) is 2.62. The molecule has 1 heterocycles. The summed E-state index contributed by atoms with van der Waals surface area (Å²) < 4.78 is 10.8. The molecule has 1 saturated heterocycles. The smallest absolute Gasteiger partial charge is 0.322 e. The molecule has 1 unspecified atom stereocenters. The van der Waals surface area contributed by atoms with Crippen LogP contribution < -0.4 is 15.4 Å². The van der Waals surface area contributed by atoms with E-state index in [2.05, 4.69) is 10.6 Å². The van der Waals surface area contributed by atoms with Gasteiger partial charge in [0.1, 0.15) is 11.8 Å². The third-order valence-electron chi connectivity index (χ3n) is 4.21. The number of likely N-dealkylation sites (tertiary alicyclic amines) is 1. The van der Waals surface area contributed by atoms with Crippen molar-refractivity contribution in [3.8, 4) is 5.75 Å². The molecule has 7 nitrogen and oxygen atoms in total. The quantitative estimate of drug-likeness (QED) is 0.661. The normalized spacial score (nSPS) is 16.4.